The van der Waals surface area contributed by atoms with Crippen molar-refractivity contribution < 1.29 is 0 Å². The van der Waals surface area contributed by atoms with Gasteiger partial charge < -0.3 is 10.6 Å². The van der Waals surface area contributed by atoms with E-state index in [2.05, 4.69) is 20.6 Å². The molecule has 122 valence electrons. The predicted molar refractivity (Wildman–Crippen MR) is 101 cm³/mol. The molecule has 0 fully saturated rings. The van der Waals surface area contributed by atoms with Crippen LogP contribution in [0, 0.1) is 0 Å². The van der Waals surface area contributed by atoms with Crippen LogP contribution in [-0.4, -0.2) is 9.97 Å². The summed E-state index contributed by atoms with van der Waals surface area (Å²) in [5, 5.41) is 8.11. The molecule has 0 saturated heterocycles. The predicted octanol–water partition coefficient (Wildman–Crippen LogP) is 5.79. The van der Waals surface area contributed by atoms with E-state index in [1.165, 1.54) is 0 Å². The zero-order chi connectivity index (χ0) is 16.9. The monoisotopic (exact) mass is 378 g/mol. The SMILES string of the molecule is Clc1ccc(CNc2ccnc(Nc3ccc(Cl)cc3Cl)n2)cc1. The minimum atomic E-state index is 0.445. The molecule has 0 radical (unpaired) electrons. The van der Waals surface area contributed by atoms with Crippen LogP contribution in [-0.2, 0) is 6.54 Å². The number of hydrogen-bond donors (Lipinski definition) is 2. The summed E-state index contributed by atoms with van der Waals surface area (Å²) in [6, 6.07) is 14.6. The molecule has 24 heavy (non-hydrogen) atoms. The first kappa shape index (κ1) is 16.8. The third kappa shape index (κ3) is 4.51. The standard InChI is InChI=1S/C17H13Cl3N4/c18-12-3-1-11(2-4-12)10-22-16-7-8-21-17(24-16)23-15-6-5-13(19)9-14(15)20/h1-9H,10H2,(H2,21,22,23,24). The molecule has 7 heteroatoms. The summed E-state index contributed by atoms with van der Waals surface area (Å²) in [5.74, 6) is 1.15. The van der Waals surface area contributed by atoms with E-state index < -0.39 is 0 Å². The first-order valence-corrected chi connectivity index (χ1v) is 8.27. The molecule has 0 atom stereocenters. The molecule has 0 aliphatic heterocycles. The van der Waals surface area contributed by atoms with Crippen molar-refractivity contribution in [3.63, 3.8) is 0 Å². The summed E-state index contributed by atoms with van der Waals surface area (Å²) in [7, 11) is 0. The van der Waals surface area contributed by atoms with Crippen LogP contribution in [0.15, 0.2) is 54.7 Å². The smallest absolute Gasteiger partial charge is 0.229 e. The number of hydrogen-bond acceptors (Lipinski definition) is 4. The molecule has 0 saturated carbocycles. The van der Waals surface area contributed by atoms with Gasteiger partial charge in [0.2, 0.25) is 5.95 Å². The summed E-state index contributed by atoms with van der Waals surface area (Å²) >= 11 is 17.9. The highest BCUT2D eigenvalue weighted by Crippen LogP contribution is 2.27. The van der Waals surface area contributed by atoms with Gasteiger partial charge in [0.1, 0.15) is 5.82 Å². The van der Waals surface area contributed by atoms with E-state index in [4.69, 9.17) is 34.8 Å². The van der Waals surface area contributed by atoms with Gasteiger partial charge >= 0.3 is 0 Å². The molecule has 0 aliphatic rings. The molecule has 2 aromatic carbocycles. The molecule has 0 spiro atoms. The largest absolute Gasteiger partial charge is 0.366 e. The summed E-state index contributed by atoms with van der Waals surface area (Å²) in [6.45, 7) is 0.634. The maximum atomic E-state index is 6.14. The number of halogens is 3. The Bertz CT molecular complexity index is 837. The van der Waals surface area contributed by atoms with Crippen LogP contribution in [0.3, 0.4) is 0 Å². The molecule has 0 unspecified atom stereocenters. The van der Waals surface area contributed by atoms with E-state index in [0.29, 0.717) is 39.1 Å². The van der Waals surface area contributed by atoms with Crippen molar-refractivity contribution in [3.8, 4) is 0 Å². The van der Waals surface area contributed by atoms with E-state index in [1.807, 2.05) is 24.3 Å². The van der Waals surface area contributed by atoms with Crippen molar-refractivity contribution in [1.29, 1.82) is 0 Å². The average molecular weight is 380 g/mol. The summed E-state index contributed by atoms with van der Waals surface area (Å²) in [4.78, 5) is 8.61. The Morgan fingerprint density at radius 3 is 2.38 bits per heavy atom. The first-order chi connectivity index (χ1) is 11.6. The molecule has 3 aromatic rings. The maximum absolute atomic E-state index is 6.14. The van der Waals surface area contributed by atoms with Crippen LogP contribution in [0.1, 0.15) is 5.56 Å². The molecular weight excluding hydrogens is 367 g/mol. The van der Waals surface area contributed by atoms with Gasteiger partial charge in [0.05, 0.1) is 10.7 Å². The van der Waals surface area contributed by atoms with Crippen molar-refractivity contribution in [3.05, 3.63) is 75.4 Å². The number of aromatic nitrogens is 2. The van der Waals surface area contributed by atoms with Gasteiger partial charge in [0, 0.05) is 22.8 Å². The lowest BCUT2D eigenvalue weighted by Gasteiger charge is -2.10. The van der Waals surface area contributed by atoms with E-state index in [0.717, 1.165) is 5.56 Å². The van der Waals surface area contributed by atoms with Gasteiger partial charge in [-0.1, -0.05) is 46.9 Å². The Labute approximate surface area is 154 Å². The van der Waals surface area contributed by atoms with E-state index in [-0.39, 0.29) is 0 Å². The van der Waals surface area contributed by atoms with Crippen LogP contribution < -0.4 is 10.6 Å². The normalized spacial score (nSPS) is 10.5. The van der Waals surface area contributed by atoms with Gasteiger partial charge in [-0.05, 0) is 42.0 Å². The molecule has 1 heterocycles. The fourth-order valence-corrected chi connectivity index (χ4v) is 2.61. The van der Waals surface area contributed by atoms with Crippen LogP contribution in [0.2, 0.25) is 15.1 Å². The highest BCUT2D eigenvalue weighted by Gasteiger charge is 2.04. The fraction of sp³-hybridized carbons (Fsp3) is 0.0588. The van der Waals surface area contributed by atoms with Crippen LogP contribution in [0.5, 0.6) is 0 Å². The van der Waals surface area contributed by atoms with Crippen molar-refractivity contribution in [1.82, 2.24) is 9.97 Å². The summed E-state index contributed by atoms with van der Waals surface area (Å²) in [5.41, 5.74) is 1.80. The van der Waals surface area contributed by atoms with Gasteiger partial charge in [-0.2, -0.15) is 4.98 Å². The molecule has 0 bridgehead atoms. The lowest BCUT2D eigenvalue weighted by Crippen LogP contribution is -2.04. The second-order valence-corrected chi connectivity index (χ2v) is 6.27. The summed E-state index contributed by atoms with van der Waals surface area (Å²) < 4.78 is 0. The van der Waals surface area contributed by atoms with Crippen LogP contribution in [0.4, 0.5) is 17.5 Å². The molecule has 1 aromatic heterocycles. The fourth-order valence-electron chi connectivity index (χ4n) is 2.02. The Morgan fingerprint density at radius 2 is 1.62 bits per heavy atom. The Hall–Kier alpha value is -2.01. The van der Waals surface area contributed by atoms with Gasteiger partial charge in [-0.15, -0.1) is 0 Å². The second kappa shape index (κ2) is 7.71. The number of nitrogens with zero attached hydrogens (tertiary/aromatic N) is 2. The second-order valence-electron chi connectivity index (χ2n) is 4.99. The van der Waals surface area contributed by atoms with Crippen molar-refractivity contribution in [2.75, 3.05) is 10.6 Å². The van der Waals surface area contributed by atoms with Crippen LogP contribution >= 0.6 is 34.8 Å². The molecule has 3 rings (SSSR count). The van der Waals surface area contributed by atoms with Crippen molar-refractivity contribution in [2.45, 2.75) is 6.54 Å². The van der Waals surface area contributed by atoms with Gasteiger partial charge in [0.15, 0.2) is 0 Å². The number of rotatable bonds is 5. The zero-order valence-corrected chi connectivity index (χ0v) is 14.7. The lowest BCUT2D eigenvalue weighted by molar-refractivity contribution is 1.08. The van der Waals surface area contributed by atoms with Crippen LogP contribution in [0.25, 0.3) is 0 Å². The van der Waals surface area contributed by atoms with E-state index in [1.54, 1.807) is 30.5 Å². The number of benzene rings is 2. The minimum Gasteiger partial charge on any atom is -0.366 e. The number of anilines is 3. The topological polar surface area (TPSA) is 49.8 Å². The number of nitrogens with one attached hydrogen (secondary N) is 2. The third-order valence-corrected chi connectivity index (χ3v) is 4.02. The minimum absolute atomic E-state index is 0.445. The third-order valence-electron chi connectivity index (χ3n) is 3.22. The Morgan fingerprint density at radius 1 is 0.875 bits per heavy atom. The van der Waals surface area contributed by atoms with E-state index >= 15 is 0 Å². The molecular formula is C17H13Cl3N4. The molecule has 0 amide bonds. The molecule has 2 N–H and O–H groups in total. The van der Waals surface area contributed by atoms with E-state index in [9.17, 15) is 0 Å². The highest BCUT2D eigenvalue weighted by molar-refractivity contribution is 6.36. The van der Waals surface area contributed by atoms with Crippen molar-refractivity contribution in [2.24, 2.45) is 0 Å². The highest BCUT2D eigenvalue weighted by atomic mass is 35.5. The molecule has 0 aliphatic carbocycles. The lowest BCUT2D eigenvalue weighted by atomic mass is 10.2. The van der Waals surface area contributed by atoms with Gasteiger partial charge in [0.25, 0.3) is 0 Å². The quantitative estimate of drug-likeness (QED) is 0.589. The Kier molecular flexibility index (Phi) is 5.41. The first-order valence-electron chi connectivity index (χ1n) is 7.13. The molecule has 4 nitrogen and oxygen atoms in total. The van der Waals surface area contributed by atoms with Gasteiger partial charge in [-0.25, -0.2) is 4.98 Å². The van der Waals surface area contributed by atoms with Crippen molar-refractivity contribution >= 4 is 52.3 Å². The summed E-state index contributed by atoms with van der Waals surface area (Å²) in [6.07, 6.45) is 1.67. The van der Waals surface area contributed by atoms with Gasteiger partial charge in [-0.3, -0.25) is 0 Å². The Balaban J connectivity index is 1.68. The maximum Gasteiger partial charge on any atom is 0.229 e. The zero-order valence-electron chi connectivity index (χ0n) is 12.4. The average Bonchev–Trinajstić information content (AvgIpc) is 2.57.